The lowest BCUT2D eigenvalue weighted by molar-refractivity contribution is -0.123. The Kier molecular flexibility index (Phi) is 4.51. The lowest BCUT2D eigenvalue weighted by Gasteiger charge is -2.48. The first-order chi connectivity index (χ1) is 14.8. The van der Waals surface area contributed by atoms with Crippen molar-refractivity contribution >= 4 is 5.78 Å². The Morgan fingerprint density at radius 3 is 2.84 bits per heavy atom. The molecule has 0 amide bonds. The van der Waals surface area contributed by atoms with Crippen molar-refractivity contribution in [2.45, 2.75) is 96.5 Å². The van der Waals surface area contributed by atoms with E-state index < -0.39 is 0 Å². The standard InChI is InChI=1S/C27H39NO3/c1-14-11-21-24(28-13-14)16(3)27(31-21)10-8-19-20-6-5-17-12-18(29)7-9-26(17,4)23(20)25(30)22(19)15(27)2/h5,14,16,18-21,23-24,28-29H,6-13H2,1-4H3/t14?,16-,18?,19?,20?,21-,23?,24?,26?,27+/m1/s1. The van der Waals surface area contributed by atoms with Crippen LogP contribution in [0.1, 0.15) is 72.6 Å². The summed E-state index contributed by atoms with van der Waals surface area (Å²) >= 11 is 0. The molecule has 0 aromatic heterocycles. The molecular formula is C27H39NO3. The van der Waals surface area contributed by atoms with Crippen molar-refractivity contribution in [3.63, 3.8) is 0 Å². The van der Waals surface area contributed by atoms with Crippen LogP contribution in [0, 0.1) is 35.0 Å². The van der Waals surface area contributed by atoms with Gasteiger partial charge < -0.3 is 15.2 Å². The summed E-state index contributed by atoms with van der Waals surface area (Å²) in [7, 11) is 0. The molecule has 0 radical (unpaired) electrons. The molecule has 0 aromatic rings. The summed E-state index contributed by atoms with van der Waals surface area (Å²) in [5.41, 5.74) is 3.43. The second-order valence-electron chi connectivity index (χ2n) is 12.1. The highest BCUT2D eigenvalue weighted by Gasteiger charge is 2.63. The van der Waals surface area contributed by atoms with Gasteiger partial charge in [-0.2, -0.15) is 0 Å². The fraction of sp³-hybridized carbons (Fsp3) is 0.815. The summed E-state index contributed by atoms with van der Waals surface area (Å²) in [6, 6.07) is 0.410. The molecule has 4 fully saturated rings. The van der Waals surface area contributed by atoms with Gasteiger partial charge in [0.1, 0.15) is 0 Å². The zero-order chi connectivity index (χ0) is 21.7. The predicted molar refractivity (Wildman–Crippen MR) is 120 cm³/mol. The number of aliphatic hydroxyl groups is 1. The van der Waals surface area contributed by atoms with Gasteiger partial charge in [-0.25, -0.2) is 0 Å². The quantitative estimate of drug-likeness (QED) is 0.572. The van der Waals surface area contributed by atoms with Crippen LogP contribution < -0.4 is 5.32 Å². The molecule has 2 saturated carbocycles. The van der Waals surface area contributed by atoms with Gasteiger partial charge in [-0.1, -0.05) is 32.4 Å². The van der Waals surface area contributed by atoms with Crippen LogP contribution in [-0.2, 0) is 9.53 Å². The Labute approximate surface area is 186 Å². The third kappa shape index (κ3) is 2.62. The summed E-state index contributed by atoms with van der Waals surface area (Å²) in [5, 5.41) is 14.0. The van der Waals surface area contributed by atoms with Crippen LogP contribution in [0.25, 0.3) is 0 Å². The number of hydrogen-bond donors (Lipinski definition) is 2. The topological polar surface area (TPSA) is 58.6 Å². The lowest BCUT2D eigenvalue weighted by Crippen LogP contribution is -2.49. The Balaban J connectivity index is 1.39. The molecule has 4 aliphatic carbocycles. The zero-order valence-electron chi connectivity index (χ0n) is 19.6. The number of hydrogen-bond acceptors (Lipinski definition) is 4. The summed E-state index contributed by atoms with van der Waals surface area (Å²) in [4.78, 5) is 14.1. The second kappa shape index (κ2) is 6.77. The number of piperidine rings is 1. The molecule has 0 bridgehead atoms. The number of fused-ring (bicyclic) bond motifs is 6. The molecule has 1 spiro atoms. The molecule has 6 rings (SSSR count). The van der Waals surface area contributed by atoms with E-state index in [4.69, 9.17) is 4.74 Å². The summed E-state index contributed by atoms with van der Waals surface area (Å²) < 4.78 is 6.93. The molecule has 2 aliphatic heterocycles. The number of rotatable bonds is 0. The maximum absolute atomic E-state index is 14.1. The van der Waals surface area contributed by atoms with Crippen molar-refractivity contribution in [3.8, 4) is 0 Å². The molecule has 2 saturated heterocycles. The number of ketones is 1. The number of aliphatic hydroxyl groups excluding tert-OH is 1. The van der Waals surface area contributed by atoms with E-state index in [-0.39, 0.29) is 29.1 Å². The predicted octanol–water partition coefficient (Wildman–Crippen LogP) is 4.18. The van der Waals surface area contributed by atoms with Crippen LogP contribution >= 0.6 is 0 Å². The van der Waals surface area contributed by atoms with Gasteiger partial charge in [-0.3, -0.25) is 4.79 Å². The van der Waals surface area contributed by atoms with E-state index in [2.05, 4.69) is 39.1 Å². The van der Waals surface area contributed by atoms with Gasteiger partial charge in [0.25, 0.3) is 0 Å². The molecule has 6 aliphatic rings. The molecule has 10 atom stereocenters. The zero-order valence-corrected chi connectivity index (χ0v) is 19.6. The Morgan fingerprint density at radius 2 is 2.03 bits per heavy atom. The highest BCUT2D eigenvalue weighted by atomic mass is 16.5. The molecule has 7 unspecified atom stereocenters. The van der Waals surface area contributed by atoms with Crippen LogP contribution in [0.5, 0.6) is 0 Å². The highest BCUT2D eigenvalue weighted by Crippen LogP contribution is 2.63. The number of allylic oxidation sites excluding steroid dienone is 2. The SMILES string of the molecule is CC1=C2C(=O)C3C(CC=C4CC(O)CCC43C)C2CC[C@]12O[C@@H]1CC(C)CNC1[C@H]2C. The van der Waals surface area contributed by atoms with Gasteiger partial charge in [-0.05, 0) is 87.2 Å². The molecule has 2 heterocycles. The van der Waals surface area contributed by atoms with Gasteiger partial charge >= 0.3 is 0 Å². The van der Waals surface area contributed by atoms with Crippen LogP contribution in [-0.4, -0.2) is 41.3 Å². The smallest absolute Gasteiger partial charge is 0.163 e. The minimum Gasteiger partial charge on any atom is -0.393 e. The lowest BCUT2D eigenvalue weighted by atomic mass is 9.56. The van der Waals surface area contributed by atoms with Crippen LogP contribution in [0.3, 0.4) is 0 Å². The van der Waals surface area contributed by atoms with E-state index in [0.717, 1.165) is 57.1 Å². The molecule has 4 heteroatoms. The van der Waals surface area contributed by atoms with Crippen molar-refractivity contribution in [1.82, 2.24) is 5.32 Å². The Hall–Kier alpha value is -0.970. The summed E-state index contributed by atoms with van der Waals surface area (Å²) in [6.07, 6.45) is 9.23. The molecule has 2 N–H and O–H groups in total. The molecule has 4 nitrogen and oxygen atoms in total. The van der Waals surface area contributed by atoms with Crippen molar-refractivity contribution in [2.24, 2.45) is 35.0 Å². The maximum atomic E-state index is 14.1. The monoisotopic (exact) mass is 425 g/mol. The van der Waals surface area contributed by atoms with Gasteiger partial charge in [0.2, 0.25) is 0 Å². The largest absolute Gasteiger partial charge is 0.393 e. The minimum atomic E-state index is -0.263. The van der Waals surface area contributed by atoms with Crippen LogP contribution in [0.2, 0.25) is 0 Å². The number of Topliss-reactive ketones (excluding diaryl/α,β-unsaturated/α-hetero) is 1. The summed E-state index contributed by atoms with van der Waals surface area (Å²) in [5.74, 6) is 2.41. The highest BCUT2D eigenvalue weighted by molar-refractivity contribution is 6.02. The van der Waals surface area contributed by atoms with Crippen molar-refractivity contribution in [1.29, 1.82) is 0 Å². The first kappa shape index (κ1) is 20.6. The van der Waals surface area contributed by atoms with E-state index in [1.807, 2.05) is 0 Å². The van der Waals surface area contributed by atoms with Gasteiger partial charge in [0.15, 0.2) is 5.78 Å². The number of ether oxygens (including phenoxy) is 1. The molecule has 31 heavy (non-hydrogen) atoms. The number of carbonyl (C=O) groups is 1. The average Bonchev–Trinajstić information content (AvgIpc) is 3.18. The van der Waals surface area contributed by atoms with Crippen molar-refractivity contribution < 1.29 is 14.6 Å². The van der Waals surface area contributed by atoms with Crippen molar-refractivity contribution in [2.75, 3.05) is 6.54 Å². The molecular weight excluding hydrogens is 386 g/mol. The van der Waals surface area contributed by atoms with E-state index in [0.29, 0.717) is 35.5 Å². The van der Waals surface area contributed by atoms with E-state index in [1.165, 1.54) is 11.1 Å². The fourth-order valence-electron chi connectivity index (χ4n) is 8.93. The van der Waals surface area contributed by atoms with E-state index in [9.17, 15) is 9.90 Å². The number of carbonyl (C=O) groups excluding carboxylic acids is 1. The molecule has 170 valence electrons. The Bertz CT molecular complexity index is 876. The minimum absolute atomic E-state index is 0.0653. The average molecular weight is 426 g/mol. The third-order valence-corrected chi connectivity index (χ3v) is 10.6. The third-order valence-electron chi connectivity index (χ3n) is 10.6. The van der Waals surface area contributed by atoms with E-state index >= 15 is 0 Å². The van der Waals surface area contributed by atoms with Crippen molar-refractivity contribution in [3.05, 3.63) is 22.8 Å². The van der Waals surface area contributed by atoms with Crippen LogP contribution in [0.15, 0.2) is 22.8 Å². The normalized spacial score (nSPS) is 53.7. The Morgan fingerprint density at radius 1 is 1.23 bits per heavy atom. The molecule has 0 aromatic carbocycles. The van der Waals surface area contributed by atoms with Crippen LogP contribution in [0.4, 0.5) is 0 Å². The second-order valence-corrected chi connectivity index (χ2v) is 12.1. The first-order valence-electron chi connectivity index (χ1n) is 12.8. The van der Waals surface area contributed by atoms with E-state index in [1.54, 1.807) is 0 Å². The van der Waals surface area contributed by atoms with Gasteiger partial charge in [0.05, 0.1) is 17.8 Å². The van der Waals surface area contributed by atoms with Gasteiger partial charge in [-0.15, -0.1) is 0 Å². The number of nitrogens with one attached hydrogen (secondary N) is 1. The van der Waals surface area contributed by atoms with Gasteiger partial charge in [0, 0.05) is 23.5 Å². The fourth-order valence-corrected chi connectivity index (χ4v) is 8.93. The maximum Gasteiger partial charge on any atom is 0.163 e. The summed E-state index contributed by atoms with van der Waals surface area (Å²) in [6.45, 7) is 10.3. The first-order valence-corrected chi connectivity index (χ1v) is 12.8.